The normalized spacial score (nSPS) is 16.9. The van der Waals surface area contributed by atoms with E-state index in [-0.39, 0.29) is 46.0 Å². The molecule has 4 rings (SSSR count). The van der Waals surface area contributed by atoms with Crippen LogP contribution in [-0.4, -0.2) is 77.9 Å². The third-order valence-electron chi connectivity index (χ3n) is 5.64. The number of nitrogens with zero attached hydrogens (tertiary/aromatic N) is 2. The number of halogens is 1. The summed E-state index contributed by atoms with van der Waals surface area (Å²) >= 11 is 7.18. The standard InChI is InChI=1S/C25H23ClN2O8S/c1-34-19-11-16(10-18(26)22(19)36-14-15-3-2-4-17(9-15)24(31)32)12-20-23(30)28(25(33)37-20)13-21(29)27-5-7-35-8-6-27/h2-4,9-12H,5-8,13-14H2,1H3,(H,31,32)/b20-12+. The first-order chi connectivity index (χ1) is 17.8. The van der Waals surface area contributed by atoms with Gasteiger partial charge >= 0.3 is 5.97 Å². The molecule has 2 aliphatic rings. The molecule has 1 N–H and O–H groups in total. The second kappa shape index (κ2) is 11.7. The van der Waals surface area contributed by atoms with Crippen LogP contribution in [0.15, 0.2) is 41.3 Å². The zero-order valence-corrected chi connectivity index (χ0v) is 21.3. The molecule has 2 heterocycles. The first-order valence-corrected chi connectivity index (χ1v) is 12.4. The van der Waals surface area contributed by atoms with Crippen LogP contribution in [0.2, 0.25) is 5.02 Å². The van der Waals surface area contributed by atoms with Crippen LogP contribution < -0.4 is 9.47 Å². The number of benzene rings is 2. The van der Waals surface area contributed by atoms with E-state index in [1.165, 1.54) is 25.3 Å². The van der Waals surface area contributed by atoms with Crippen molar-refractivity contribution in [3.8, 4) is 11.5 Å². The zero-order chi connectivity index (χ0) is 26.5. The number of amides is 3. The fraction of sp³-hybridized carbons (Fsp3) is 0.280. The van der Waals surface area contributed by atoms with Gasteiger partial charge in [-0.25, -0.2) is 4.79 Å². The van der Waals surface area contributed by atoms with Crippen LogP contribution in [0.4, 0.5) is 4.79 Å². The van der Waals surface area contributed by atoms with Gasteiger partial charge in [0, 0.05) is 13.1 Å². The summed E-state index contributed by atoms with van der Waals surface area (Å²) in [5, 5.41) is 8.83. The molecule has 0 atom stereocenters. The summed E-state index contributed by atoms with van der Waals surface area (Å²) in [6.07, 6.45) is 1.50. The summed E-state index contributed by atoms with van der Waals surface area (Å²) in [5.74, 6) is -1.39. The van der Waals surface area contributed by atoms with Crippen molar-refractivity contribution in [3.63, 3.8) is 0 Å². The van der Waals surface area contributed by atoms with Gasteiger partial charge in [-0.15, -0.1) is 0 Å². The Morgan fingerprint density at radius 1 is 1.19 bits per heavy atom. The average molecular weight is 547 g/mol. The number of carbonyl (C=O) groups is 4. The molecule has 37 heavy (non-hydrogen) atoms. The van der Waals surface area contributed by atoms with Gasteiger partial charge in [-0.05, 0) is 53.2 Å². The Balaban J connectivity index is 1.48. The third kappa shape index (κ3) is 6.24. The molecular formula is C25H23ClN2O8S. The Hall–Kier alpha value is -3.54. The lowest BCUT2D eigenvalue weighted by atomic mass is 10.1. The fourth-order valence-corrected chi connectivity index (χ4v) is 4.86. The van der Waals surface area contributed by atoms with Crippen LogP contribution in [0.5, 0.6) is 11.5 Å². The molecular weight excluding hydrogens is 524 g/mol. The smallest absolute Gasteiger partial charge is 0.335 e. The average Bonchev–Trinajstić information content (AvgIpc) is 3.15. The van der Waals surface area contributed by atoms with Gasteiger partial charge in [0.2, 0.25) is 5.91 Å². The summed E-state index contributed by atoms with van der Waals surface area (Å²) in [5.41, 5.74) is 1.25. The van der Waals surface area contributed by atoms with Crippen LogP contribution in [0.3, 0.4) is 0 Å². The minimum absolute atomic E-state index is 0.0482. The number of imide groups is 1. The number of thioether (sulfide) groups is 1. The van der Waals surface area contributed by atoms with E-state index in [0.29, 0.717) is 37.4 Å². The number of carboxylic acid groups (broad SMARTS) is 1. The molecule has 0 unspecified atom stereocenters. The minimum atomic E-state index is -1.04. The summed E-state index contributed by atoms with van der Waals surface area (Å²) in [7, 11) is 1.43. The monoisotopic (exact) mass is 546 g/mol. The Morgan fingerprint density at radius 3 is 2.65 bits per heavy atom. The predicted octanol–water partition coefficient (Wildman–Crippen LogP) is 3.52. The van der Waals surface area contributed by atoms with E-state index in [9.17, 15) is 19.2 Å². The molecule has 2 aromatic carbocycles. The largest absolute Gasteiger partial charge is 0.493 e. The number of aromatic carboxylic acids is 1. The van der Waals surface area contributed by atoms with E-state index >= 15 is 0 Å². The van der Waals surface area contributed by atoms with Crippen LogP contribution in [0, 0.1) is 0 Å². The van der Waals surface area contributed by atoms with Gasteiger partial charge in [-0.1, -0.05) is 23.7 Å². The lowest BCUT2D eigenvalue weighted by Crippen LogP contribution is -2.46. The molecule has 2 aliphatic heterocycles. The van der Waals surface area contributed by atoms with Crippen molar-refractivity contribution < 1.29 is 38.5 Å². The molecule has 2 saturated heterocycles. The quantitative estimate of drug-likeness (QED) is 0.495. The van der Waals surface area contributed by atoms with Crippen LogP contribution >= 0.6 is 23.4 Å². The van der Waals surface area contributed by atoms with Gasteiger partial charge in [0.25, 0.3) is 11.1 Å². The van der Waals surface area contributed by atoms with Crippen molar-refractivity contribution >= 4 is 52.5 Å². The van der Waals surface area contributed by atoms with Crippen LogP contribution in [0.1, 0.15) is 21.5 Å². The highest BCUT2D eigenvalue weighted by Crippen LogP contribution is 2.39. The Labute approximate surface area is 221 Å². The van der Waals surface area contributed by atoms with Crippen molar-refractivity contribution in [3.05, 3.63) is 63.0 Å². The lowest BCUT2D eigenvalue weighted by Gasteiger charge is -2.28. The number of methoxy groups -OCH3 is 1. The molecule has 3 amide bonds. The van der Waals surface area contributed by atoms with Gasteiger partial charge in [-0.3, -0.25) is 19.3 Å². The maximum Gasteiger partial charge on any atom is 0.335 e. The SMILES string of the molecule is COc1cc(/C=C2/SC(=O)N(CC(=O)N3CCOCC3)C2=O)cc(Cl)c1OCc1cccc(C(=O)O)c1. The molecule has 0 spiro atoms. The summed E-state index contributed by atoms with van der Waals surface area (Å²) in [6.45, 7) is 1.40. The van der Waals surface area contributed by atoms with Crippen molar-refractivity contribution in [2.45, 2.75) is 6.61 Å². The number of ether oxygens (including phenoxy) is 3. The minimum Gasteiger partial charge on any atom is -0.493 e. The Kier molecular flexibility index (Phi) is 8.37. The van der Waals surface area contributed by atoms with Crippen molar-refractivity contribution in [2.75, 3.05) is 40.0 Å². The van der Waals surface area contributed by atoms with E-state index in [1.807, 2.05) is 0 Å². The molecule has 10 nitrogen and oxygen atoms in total. The number of hydrogen-bond donors (Lipinski definition) is 1. The summed E-state index contributed by atoms with van der Waals surface area (Å²) in [6, 6.07) is 9.47. The van der Waals surface area contributed by atoms with Gasteiger partial charge in [-0.2, -0.15) is 0 Å². The van der Waals surface area contributed by atoms with Gasteiger partial charge in [0.1, 0.15) is 13.2 Å². The second-order valence-corrected chi connectivity index (χ2v) is 9.49. The van der Waals surface area contributed by atoms with Crippen LogP contribution in [-0.2, 0) is 20.9 Å². The van der Waals surface area contributed by atoms with Gasteiger partial charge < -0.3 is 24.2 Å². The molecule has 2 fully saturated rings. The Bertz CT molecular complexity index is 1280. The number of carbonyl (C=O) groups excluding carboxylic acids is 3. The number of hydrogen-bond acceptors (Lipinski definition) is 8. The molecule has 2 aromatic rings. The molecule has 0 saturated carbocycles. The van der Waals surface area contributed by atoms with E-state index < -0.39 is 17.1 Å². The lowest BCUT2D eigenvalue weighted by molar-refractivity contribution is -0.139. The highest BCUT2D eigenvalue weighted by molar-refractivity contribution is 8.18. The fourth-order valence-electron chi connectivity index (χ4n) is 3.75. The van der Waals surface area contributed by atoms with E-state index in [2.05, 4.69) is 0 Å². The number of carboxylic acids is 1. The third-order valence-corrected chi connectivity index (χ3v) is 6.83. The predicted molar refractivity (Wildman–Crippen MR) is 136 cm³/mol. The number of morpholine rings is 1. The first-order valence-electron chi connectivity index (χ1n) is 11.2. The maximum atomic E-state index is 12.9. The topological polar surface area (TPSA) is 123 Å². The highest BCUT2D eigenvalue weighted by Gasteiger charge is 2.37. The van der Waals surface area contributed by atoms with Crippen molar-refractivity contribution in [1.82, 2.24) is 9.80 Å². The molecule has 12 heteroatoms. The van der Waals surface area contributed by atoms with E-state index in [0.717, 1.165) is 16.7 Å². The second-order valence-electron chi connectivity index (χ2n) is 8.09. The summed E-state index contributed by atoms with van der Waals surface area (Å²) in [4.78, 5) is 51.7. The summed E-state index contributed by atoms with van der Waals surface area (Å²) < 4.78 is 16.4. The van der Waals surface area contributed by atoms with E-state index in [4.69, 9.17) is 30.9 Å². The molecule has 0 bridgehead atoms. The first kappa shape index (κ1) is 26.5. The van der Waals surface area contributed by atoms with Crippen LogP contribution in [0.25, 0.3) is 6.08 Å². The van der Waals surface area contributed by atoms with Gasteiger partial charge in [0.15, 0.2) is 11.5 Å². The zero-order valence-electron chi connectivity index (χ0n) is 19.8. The maximum absolute atomic E-state index is 12.9. The number of rotatable bonds is 8. The Morgan fingerprint density at radius 2 is 1.95 bits per heavy atom. The molecule has 0 aromatic heterocycles. The molecule has 0 aliphatic carbocycles. The molecule has 0 radical (unpaired) electrons. The van der Waals surface area contributed by atoms with Crippen molar-refractivity contribution in [1.29, 1.82) is 0 Å². The van der Waals surface area contributed by atoms with Gasteiger partial charge in [0.05, 0.1) is 35.8 Å². The molecule has 194 valence electrons. The van der Waals surface area contributed by atoms with E-state index in [1.54, 1.807) is 29.2 Å². The highest BCUT2D eigenvalue weighted by atomic mass is 35.5. The van der Waals surface area contributed by atoms with Crippen molar-refractivity contribution in [2.24, 2.45) is 0 Å².